The summed E-state index contributed by atoms with van der Waals surface area (Å²) in [5.74, 6) is 0.198. The normalized spacial score (nSPS) is 19.7. The highest BCUT2D eigenvalue weighted by Crippen LogP contribution is 2.19. The molecule has 5 nitrogen and oxygen atoms in total. The molecule has 1 unspecified atom stereocenters. The van der Waals surface area contributed by atoms with Gasteiger partial charge in [-0.2, -0.15) is 0 Å². The lowest BCUT2D eigenvalue weighted by Crippen LogP contribution is -2.43. The first-order valence-corrected chi connectivity index (χ1v) is 6.53. The van der Waals surface area contributed by atoms with Gasteiger partial charge in [-0.25, -0.2) is 0 Å². The smallest absolute Gasteiger partial charge is 0.223 e. The van der Waals surface area contributed by atoms with Crippen LogP contribution in [0.15, 0.2) is 35.5 Å². The van der Waals surface area contributed by atoms with Gasteiger partial charge in [0.2, 0.25) is 5.91 Å². The molecule has 1 heterocycles. The van der Waals surface area contributed by atoms with E-state index >= 15 is 0 Å². The Balaban J connectivity index is 1.92. The fourth-order valence-electron chi connectivity index (χ4n) is 2.48. The maximum atomic E-state index is 12.2. The molecule has 1 saturated heterocycles. The van der Waals surface area contributed by atoms with E-state index in [1.54, 1.807) is 4.90 Å². The Bertz CT molecular complexity index is 459. The summed E-state index contributed by atoms with van der Waals surface area (Å²) in [6, 6.07) is 9.67. The maximum absolute atomic E-state index is 12.2. The van der Waals surface area contributed by atoms with Gasteiger partial charge in [0, 0.05) is 13.0 Å². The molecule has 1 aromatic rings. The average Bonchev–Trinajstić information content (AvgIpc) is 2.94. The average molecular weight is 261 g/mol. The van der Waals surface area contributed by atoms with E-state index in [1.807, 2.05) is 30.3 Å². The maximum Gasteiger partial charge on any atom is 0.223 e. The first-order chi connectivity index (χ1) is 9.22. The molecule has 2 rings (SSSR count). The van der Waals surface area contributed by atoms with Gasteiger partial charge in [-0.1, -0.05) is 35.5 Å². The Kier molecular flexibility index (Phi) is 4.39. The molecule has 1 fully saturated rings. The zero-order chi connectivity index (χ0) is 13.7. The molecule has 0 aromatic heterocycles. The first-order valence-electron chi connectivity index (χ1n) is 6.53. The van der Waals surface area contributed by atoms with E-state index in [0.29, 0.717) is 13.0 Å². The topological polar surface area (TPSA) is 78.9 Å². The third-order valence-electron chi connectivity index (χ3n) is 3.50. The number of nitrogens with zero attached hydrogens (tertiary/aromatic N) is 2. The van der Waals surface area contributed by atoms with Crippen LogP contribution in [0.2, 0.25) is 0 Å². The van der Waals surface area contributed by atoms with Crippen LogP contribution in [0.5, 0.6) is 0 Å². The predicted molar refractivity (Wildman–Crippen MR) is 72.9 cm³/mol. The van der Waals surface area contributed by atoms with Crippen molar-refractivity contribution in [2.75, 3.05) is 6.54 Å². The van der Waals surface area contributed by atoms with Crippen LogP contribution in [0.3, 0.4) is 0 Å². The number of carbonyl (C=O) groups excluding carboxylic acids is 1. The lowest BCUT2D eigenvalue weighted by atomic mass is 10.1. The minimum Gasteiger partial charge on any atom is -0.409 e. The molecular formula is C14H19N3O2. The largest absolute Gasteiger partial charge is 0.409 e. The number of hydrogen-bond donors (Lipinski definition) is 2. The SMILES string of the molecule is NC(=NO)C1CCCN1C(=O)CCc1ccccc1. The van der Waals surface area contributed by atoms with Crippen molar-refractivity contribution in [1.82, 2.24) is 4.90 Å². The van der Waals surface area contributed by atoms with Gasteiger partial charge in [0.05, 0.1) is 6.04 Å². The van der Waals surface area contributed by atoms with Gasteiger partial charge in [-0.05, 0) is 24.8 Å². The molecule has 1 aromatic carbocycles. The molecule has 1 atom stereocenters. The number of benzene rings is 1. The second-order valence-corrected chi connectivity index (χ2v) is 4.76. The van der Waals surface area contributed by atoms with E-state index in [0.717, 1.165) is 24.8 Å². The lowest BCUT2D eigenvalue weighted by Gasteiger charge is -2.23. The fraction of sp³-hybridized carbons (Fsp3) is 0.429. The molecular weight excluding hydrogens is 242 g/mol. The summed E-state index contributed by atoms with van der Waals surface area (Å²) in [6.45, 7) is 0.689. The van der Waals surface area contributed by atoms with Crippen LogP contribution in [-0.4, -0.2) is 34.4 Å². The van der Waals surface area contributed by atoms with Gasteiger partial charge in [0.25, 0.3) is 0 Å². The van der Waals surface area contributed by atoms with Gasteiger partial charge < -0.3 is 15.8 Å². The molecule has 1 aliphatic rings. The summed E-state index contributed by atoms with van der Waals surface area (Å²) in [5.41, 5.74) is 6.77. The van der Waals surface area contributed by atoms with Crippen molar-refractivity contribution in [3.63, 3.8) is 0 Å². The van der Waals surface area contributed by atoms with Crippen LogP contribution in [0, 0.1) is 0 Å². The first kappa shape index (κ1) is 13.4. The van der Waals surface area contributed by atoms with E-state index in [9.17, 15) is 4.79 Å². The van der Waals surface area contributed by atoms with Crippen LogP contribution in [-0.2, 0) is 11.2 Å². The van der Waals surface area contributed by atoms with Crippen molar-refractivity contribution >= 4 is 11.7 Å². The Hall–Kier alpha value is -2.04. The minimum absolute atomic E-state index is 0.0675. The number of hydrogen-bond acceptors (Lipinski definition) is 3. The number of rotatable bonds is 4. The number of likely N-dealkylation sites (tertiary alicyclic amines) is 1. The number of carbonyl (C=O) groups is 1. The summed E-state index contributed by atoms with van der Waals surface area (Å²) in [4.78, 5) is 13.9. The highest BCUT2D eigenvalue weighted by molar-refractivity contribution is 5.90. The number of amidine groups is 1. The number of aryl methyl sites for hydroxylation is 1. The summed E-state index contributed by atoms with van der Waals surface area (Å²) in [7, 11) is 0. The molecule has 0 saturated carbocycles. The lowest BCUT2D eigenvalue weighted by molar-refractivity contribution is -0.130. The zero-order valence-corrected chi connectivity index (χ0v) is 10.8. The van der Waals surface area contributed by atoms with Crippen molar-refractivity contribution in [1.29, 1.82) is 0 Å². The Labute approximate surface area is 112 Å². The van der Waals surface area contributed by atoms with Crippen LogP contribution < -0.4 is 5.73 Å². The van der Waals surface area contributed by atoms with Crippen LogP contribution in [0.4, 0.5) is 0 Å². The van der Waals surface area contributed by atoms with Crippen molar-refractivity contribution in [2.24, 2.45) is 10.9 Å². The molecule has 0 bridgehead atoms. The van der Waals surface area contributed by atoms with E-state index in [4.69, 9.17) is 10.9 Å². The molecule has 0 radical (unpaired) electrons. The number of amides is 1. The van der Waals surface area contributed by atoms with Crippen molar-refractivity contribution in [3.8, 4) is 0 Å². The van der Waals surface area contributed by atoms with E-state index < -0.39 is 0 Å². The van der Waals surface area contributed by atoms with E-state index in [1.165, 1.54) is 0 Å². The van der Waals surface area contributed by atoms with Gasteiger partial charge in [-0.15, -0.1) is 0 Å². The molecule has 5 heteroatoms. The van der Waals surface area contributed by atoms with Crippen LogP contribution in [0.25, 0.3) is 0 Å². The fourth-order valence-corrected chi connectivity index (χ4v) is 2.48. The standard InChI is InChI=1S/C14H19N3O2/c15-14(16-19)12-7-4-10-17(12)13(18)9-8-11-5-2-1-3-6-11/h1-3,5-6,12,19H,4,7-10H2,(H2,15,16). The third kappa shape index (κ3) is 3.24. The summed E-state index contributed by atoms with van der Waals surface area (Å²) >= 11 is 0. The summed E-state index contributed by atoms with van der Waals surface area (Å²) in [5, 5.41) is 11.7. The second-order valence-electron chi connectivity index (χ2n) is 4.76. The van der Waals surface area contributed by atoms with Crippen molar-refractivity contribution < 1.29 is 10.0 Å². The third-order valence-corrected chi connectivity index (χ3v) is 3.50. The van der Waals surface area contributed by atoms with E-state index in [2.05, 4.69) is 5.16 Å². The molecule has 1 amide bonds. The zero-order valence-electron chi connectivity index (χ0n) is 10.8. The van der Waals surface area contributed by atoms with Crippen molar-refractivity contribution in [3.05, 3.63) is 35.9 Å². The predicted octanol–water partition coefficient (Wildman–Crippen LogP) is 1.36. The molecule has 0 spiro atoms. The Morgan fingerprint density at radius 1 is 1.42 bits per heavy atom. The van der Waals surface area contributed by atoms with Gasteiger partial charge in [-0.3, -0.25) is 4.79 Å². The van der Waals surface area contributed by atoms with Gasteiger partial charge >= 0.3 is 0 Å². The Morgan fingerprint density at radius 3 is 2.84 bits per heavy atom. The summed E-state index contributed by atoms with van der Waals surface area (Å²) in [6.07, 6.45) is 2.85. The quantitative estimate of drug-likeness (QED) is 0.372. The minimum atomic E-state index is -0.242. The molecule has 3 N–H and O–H groups in total. The highest BCUT2D eigenvalue weighted by Gasteiger charge is 2.31. The Morgan fingerprint density at radius 2 is 2.16 bits per heavy atom. The highest BCUT2D eigenvalue weighted by atomic mass is 16.4. The van der Waals surface area contributed by atoms with Gasteiger partial charge in [0.15, 0.2) is 5.84 Å². The van der Waals surface area contributed by atoms with Crippen molar-refractivity contribution in [2.45, 2.75) is 31.7 Å². The monoisotopic (exact) mass is 261 g/mol. The van der Waals surface area contributed by atoms with E-state index in [-0.39, 0.29) is 17.8 Å². The molecule has 19 heavy (non-hydrogen) atoms. The molecule has 1 aliphatic heterocycles. The number of oxime groups is 1. The molecule has 0 aliphatic carbocycles. The summed E-state index contributed by atoms with van der Waals surface area (Å²) < 4.78 is 0. The number of nitrogens with two attached hydrogens (primary N) is 1. The van der Waals surface area contributed by atoms with Crippen LogP contribution >= 0.6 is 0 Å². The molecule has 102 valence electrons. The second kappa shape index (κ2) is 6.22. The van der Waals surface area contributed by atoms with Gasteiger partial charge in [0.1, 0.15) is 0 Å². The van der Waals surface area contributed by atoms with Crippen LogP contribution in [0.1, 0.15) is 24.8 Å².